The van der Waals surface area contributed by atoms with Gasteiger partial charge < -0.3 is 4.90 Å². The molecule has 0 N–H and O–H groups in total. The van der Waals surface area contributed by atoms with Crippen molar-refractivity contribution in [1.29, 1.82) is 10.5 Å². The van der Waals surface area contributed by atoms with Gasteiger partial charge in [0.05, 0.1) is 12.1 Å². The molecule has 0 aromatic rings. The molecule has 0 aromatic heterocycles. The molecule has 1 aliphatic carbocycles. The number of nitrogens with zero attached hydrogens (tertiary/aromatic N) is 3. The van der Waals surface area contributed by atoms with Crippen molar-refractivity contribution in [1.82, 2.24) is 4.90 Å². The Labute approximate surface area is 98.0 Å². The molecule has 16 heavy (non-hydrogen) atoms. The van der Waals surface area contributed by atoms with E-state index in [1.165, 1.54) is 12.8 Å². The first-order valence-corrected chi connectivity index (χ1v) is 5.98. The van der Waals surface area contributed by atoms with E-state index in [0.29, 0.717) is 18.8 Å². The van der Waals surface area contributed by atoms with Crippen LogP contribution >= 0.6 is 0 Å². The van der Waals surface area contributed by atoms with E-state index in [-0.39, 0.29) is 0 Å². The molecule has 0 saturated carbocycles. The van der Waals surface area contributed by atoms with Crippen LogP contribution in [0.4, 0.5) is 0 Å². The number of nitriles is 2. The fourth-order valence-electron chi connectivity index (χ4n) is 2.10. The molecule has 0 bridgehead atoms. The topological polar surface area (TPSA) is 50.8 Å². The first-order chi connectivity index (χ1) is 7.86. The number of hydrogen-bond donors (Lipinski definition) is 0. The zero-order chi connectivity index (χ0) is 11.6. The quantitative estimate of drug-likeness (QED) is 0.642. The predicted molar refractivity (Wildman–Crippen MR) is 63.4 cm³/mol. The molecule has 0 fully saturated rings. The zero-order valence-electron chi connectivity index (χ0n) is 9.73. The van der Waals surface area contributed by atoms with Crippen LogP contribution in [0.1, 0.15) is 32.1 Å². The lowest BCUT2D eigenvalue weighted by Gasteiger charge is -2.26. The van der Waals surface area contributed by atoms with Gasteiger partial charge in [0.15, 0.2) is 0 Å². The van der Waals surface area contributed by atoms with E-state index >= 15 is 0 Å². The maximum Gasteiger partial charge on any atom is 0.0635 e. The molecule has 0 aromatic carbocycles. The first-order valence-electron chi connectivity index (χ1n) is 5.98. The van der Waals surface area contributed by atoms with Gasteiger partial charge in [-0.25, -0.2) is 0 Å². The molecule has 1 rings (SSSR count). The maximum atomic E-state index is 8.59. The highest BCUT2D eigenvalue weighted by atomic mass is 15.1. The van der Waals surface area contributed by atoms with E-state index in [4.69, 9.17) is 10.5 Å². The number of hydrogen-bond acceptors (Lipinski definition) is 3. The summed E-state index contributed by atoms with van der Waals surface area (Å²) in [4.78, 5) is 2.26. The van der Waals surface area contributed by atoms with Crippen molar-refractivity contribution < 1.29 is 0 Å². The normalized spacial score (nSPS) is 19.3. The molecule has 0 aliphatic heterocycles. The monoisotopic (exact) mass is 217 g/mol. The van der Waals surface area contributed by atoms with Crippen LogP contribution < -0.4 is 0 Å². The summed E-state index contributed by atoms with van der Waals surface area (Å²) in [5, 5.41) is 17.2. The summed E-state index contributed by atoms with van der Waals surface area (Å²) >= 11 is 0. The molecule has 3 nitrogen and oxygen atoms in total. The number of allylic oxidation sites excluding steroid dienone is 2. The van der Waals surface area contributed by atoms with Gasteiger partial charge in [0, 0.05) is 32.5 Å². The second kappa shape index (κ2) is 7.91. The highest BCUT2D eigenvalue weighted by Crippen LogP contribution is 2.19. The highest BCUT2D eigenvalue weighted by Gasteiger charge is 2.14. The molecule has 0 unspecified atom stereocenters. The van der Waals surface area contributed by atoms with Crippen LogP contribution in [0.2, 0.25) is 0 Å². The van der Waals surface area contributed by atoms with E-state index in [1.807, 2.05) is 0 Å². The second-order valence-corrected chi connectivity index (χ2v) is 4.27. The standard InChI is InChI=1S/C13H19N3/c14-8-4-10-16(11-5-9-15)12-13-6-2-1-3-7-13/h1-2,13H,3-7,10-12H2/t13-/m0/s1. The molecule has 3 heteroatoms. The minimum absolute atomic E-state index is 0.563. The molecule has 86 valence electrons. The van der Waals surface area contributed by atoms with Crippen molar-refractivity contribution >= 4 is 0 Å². The van der Waals surface area contributed by atoms with Crippen molar-refractivity contribution in [3.05, 3.63) is 12.2 Å². The molecular weight excluding hydrogens is 198 g/mol. The van der Waals surface area contributed by atoms with Crippen LogP contribution in [0.5, 0.6) is 0 Å². The maximum absolute atomic E-state index is 8.59. The van der Waals surface area contributed by atoms with Gasteiger partial charge in [-0.15, -0.1) is 0 Å². The van der Waals surface area contributed by atoms with Crippen LogP contribution in [-0.2, 0) is 0 Å². The minimum atomic E-state index is 0.563. The lowest BCUT2D eigenvalue weighted by Crippen LogP contribution is -2.31. The highest BCUT2D eigenvalue weighted by molar-refractivity contribution is 4.91. The van der Waals surface area contributed by atoms with Gasteiger partial charge in [-0.2, -0.15) is 10.5 Å². The van der Waals surface area contributed by atoms with Gasteiger partial charge in [-0.3, -0.25) is 0 Å². The van der Waals surface area contributed by atoms with Crippen molar-refractivity contribution in [3.63, 3.8) is 0 Å². The van der Waals surface area contributed by atoms with Gasteiger partial charge in [0.1, 0.15) is 0 Å². The van der Waals surface area contributed by atoms with Crippen LogP contribution in [0.25, 0.3) is 0 Å². The average molecular weight is 217 g/mol. The van der Waals surface area contributed by atoms with E-state index < -0.39 is 0 Å². The molecule has 0 saturated heterocycles. The van der Waals surface area contributed by atoms with Crippen LogP contribution in [0, 0.1) is 28.6 Å². The molecular formula is C13H19N3. The third kappa shape index (κ3) is 4.96. The van der Waals surface area contributed by atoms with E-state index in [9.17, 15) is 0 Å². The molecule has 0 heterocycles. The largest absolute Gasteiger partial charge is 0.301 e. The lowest BCUT2D eigenvalue weighted by molar-refractivity contribution is 0.231. The van der Waals surface area contributed by atoms with Gasteiger partial charge in [0.25, 0.3) is 0 Å². The van der Waals surface area contributed by atoms with Crippen LogP contribution in [-0.4, -0.2) is 24.5 Å². The zero-order valence-corrected chi connectivity index (χ0v) is 9.73. The van der Waals surface area contributed by atoms with E-state index in [2.05, 4.69) is 29.2 Å². The Morgan fingerprint density at radius 3 is 2.31 bits per heavy atom. The predicted octanol–water partition coefficient (Wildman–Crippen LogP) is 2.47. The third-order valence-corrected chi connectivity index (χ3v) is 2.97. The third-order valence-electron chi connectivity index (χ3n) is 2.97. The van der Waals surface area contributed by atoms with Crippen LogP contribution in [0.3, 0.4) is 0 Å². The fourth-order valence-corrected chi connectivity index (χ4v) is 2.10. The summed E-state index contributed by atoms with van der Waals surface area (Å²) in [6, 6.07) is 4.35. The van der Waals surface area contributed by atoms with Crippen molar-refractivity contribution in [2.75, 3.05) is 19.6 Å². The molecule has 0 amide bonds. The summed E-state index contributed by atoms with van der Waals surface area (Å²) < 4.78 is 0. The van der Waals surface area contributed by atoms with E-state index in [1.54, 1.807) is 0 Å². The van der Waals surface area contributed by atoms with Gasteiger partial charge in [0.2, 0.25) is 0 Å². The average Bonchev–Trinajstić information content (AvgIpc) is 2.34. The Morgan fingerprint density at radius 1 is 1.12 bits per heavy atom. The van der Waals surface area contributed by atoms with Gasteiger partial charge >= 0.3 is 0 Å². The summed E-state index contributed by atoms with van der Waals surface area (Å²) in [7, 11) is 0. The Bertz CT molecular complexity index is 277. The fraction of sp³-hybridized carbons (Fsp3) is 0.692. The summed E-state index contributed by atoms with van der Waals surface area (Å²) in [6.45, 7) is 2.64. The first kappa shape index (κ1) is 12.7. The Hall–Kier alpha value is -1.32. The SMILES string of the molecule is N#CCCN(CCC#N)C[C@H]1CC=CCC1. The van der Waals surface area contributed by atoms with Gasteiger partial charge in [-0.1, -0.05) is 12.2 Å². The lowest BCUT2D eigenvalue weighted by atomic mass is 9.94. The van der Waals surface area contributed by atoms with Gasteiger partial charge in [-0.05, 0) is 25.2 Å². The minimum Gasteiger partial charge on any atom is -0.301 e. The summed E-state index contributed by atoms with van der Waals surface area (Å²) in [6.07, 6.45) is 9.19. The summed E-state index contributed by atoms with van der Waals surface area (Å²) in [5.41, 5.74) is 0. The number of rotatable bonds is 6. The summed E-state index contributed by atoms with van der Waals surface area (Å²) in [5.74, 6) is 0.711. The molecule has 1 aliphatic rings. The van der Waals surface area contributed by atoms with E-state index in [0.717, 1.165) is 26.1 Å². The Kier molecular flexibility index (Phi) is 6.30. The van der Waals surface area contributed by atoms with Crippen molar-refractivity contribution in [2.24, 2.45) is 5.92 Å². The second-order valence-electron chi connectivity index (χ2n) is 4.27. The molecule has 1 atom stereocenters. The Balaban J connectivity index is 2.33. The molecule has 0 spiro atoms. The van der Waals surface area contributed by atoms with Crippen molar-refractivity contribution in [3.8, 4) is 12.1 Å². The Morgan fingerprint density at radius 2 is 1.81 bits per heavy atom. The van der Waals surface area contributed by atoms with Crippen molar-refractivity contribution in [2.45, 2.75) is 32.1 Å². The smallest absolute Gasteiger partial charge is 0.0635 e. The van der Waals surface area contributed by atoms with Crippen LogP contribution in [0.15, 0.2) is 12.2 Å². The molecule has 0 radical (unpaired) electrons.